The first-order chi connectivity index (χ1) is 13.5. The van der Waals surface area contributed by atoms with Crippen LogP contribution in [0.15, 0.2) is 48.5 Å². The molecule has 0 spiro atoms. The van der Waals surface area contributed by atoms with Crippen LogP contribution in [-0.4, -0.2) is 17.8 Å². The zero-order valence-corrected chi connectivity index (χ0v) is 17.8. The second kappa shape index (κ2) is 9.28. The van der Waals surface area contributed by atoms with Gasteiger partial charge in [0.1, 0.15) is 11.5 Å². The maximum atomic E-state index is 5.77. The lowest BCUT2D eigenvalue weighted by Crippen LogP contribution is -2.45. The van der Waals surface area contributed by atoms with Gasteiger partial charge >= 0.3 is 0 Å². The fraction of sp³-hybridized carbons (Fsp3) is 0.435. The van der Waals surface area contributed by atoms with Crippen LogP contribution in [0.3, 0.4) is 0 Å². The summed E-state index contributed by atoms with van der Waals surface area (Å²) in [5, 5.41) is 7.57. The van der Waals surface area contributed by atoms with Crippen molar-refractivity contribution >= 4 is 23.0 Å². The van der Waals surface area contributed by atoms with E-state index in [4.69, 9.17) is 21.7 Å². The minimum Gasteiger partial charge on any atom is -0.494 e. The van der Waals surface area contributed by atoms with Crippen LogP contribution in [0.4, 0.5) is 5.69 Å². The highest BCUT2D eigenvalue weighted by Crippen LogP contribution is 2.39. The van der Waals surface area contributed by atoms with Crippen molar-refractivity contribution in [3.8, 4) is 11.5 Å². The van der Waals surface area contributed by atoms with Crippen LogP contribution in [0.25, 0.3) is 0 Å². The number of benzene rings is 2. The third-order valence-corrected chi connectivity index (χ3v) is 5.20. The average Bonchev–Trinajstić information content (AvgIpc) is 3.11. The lowest BCUT2D eigenvalue weighted by molar-refractivity contribution is 0.242. The van der Waals surface area contributed by atoms with Gasteiger partial charge in [0.05, 0.1) is 18.2 Å². The van der Waals surface area contributed by atoms with Gasteiger partial charge in [-0.3, -0.25) is 0 Å². The highest BCUT2D eigenvalue weighted by Gasteiger charge is 2.36. The number of hydrogen-bond acceptors (Lipinski definition) is 3. The molecular formula is C23H30N2O2S. The van der Waals surface area contributed by atoms with Crippen LogP contribution in [0.2, 0.25) is 0 Å². The van der Waals surface area contributed by atoms with Gasteiger partial charge < -0.3 is 20.1 Å². The smallest absolute Gasteiger partial charge is 0.171 e. The molecule has 0 atom stereocenters. The molecule has 5 heteroatoms. The molecule has 4 nitrogen and oxygen atoms in total. The zero-order valence-electron chi connectivity index (χ0n) is 17.0. The maximum Gasteiger partial charge on any atom is 0.171 e. The van der Waals surface area contributed by atoms with Crippen LogP contribution in [0, 0.1) is 0 Å². The van der Waals surface area contributed by atoms with E-state index in [9.17, 15) is 0 Å². The standard InChI is InChI=1S/C23H30N2O2S/c1-4-26-20-12-10-18(11-13-20)23(14-5-6-15-23)25-22(28)24-19-8-7-9-21(16-19)27-17(2)3/h7-13,16-17H,4-6,14-15H2,1-3H3,(H2,24,25,28). The minimum atomic E-state index is -0.124. The first kappa shape index (κ1) is 20.5. The second-order valence-electron chi connectivity index (χ2n) is 7.52. The molecule has 28 heavy (non-hydrogen) atoms. The first-order valence-electron chi connectivity index (χ1n) is 10.1. The Morgan fingerprint density at radius 1 is 1.07 bits per heavy atom. The van der Waals surface area contributed by atoms with Crippen LogP contribution >= 0.6 is 12.2 Å². The van der Waals surface area contributed by atoms with Crippen LogP contribution in [-0.2, 0) is 5.54 Å². The molecule has 3 rings (SSSR count). The van der Waals surface area contributed by atoms with Gasteiger partial charge in [0, 0.05) is 11.8 Å². The Bertz CT molecular complexity index is 783. The summed E-state index contributed by atoms with van der Waals surface area (Å²) in [4.78, 5) is 0. The molecule has 0 heterocycles. The minimum absolute atomic E-state index is 0.124. The molecule has 150 valence electrons. The summed E-state index contributed by atoms with van der Waals surface area (Å²) in [7, 11) is 0. The molecule has 0 bridgehead atoms. The fourth-order valence-corrected chi connectivity index (χ4v) is 4.11. The predicted octanol–water partition coefficient (Wildman–Crippen LogP) is 5.63. The van der Waals surface area contributed by atoms with E-state index >= 15 is 0 Å². The van der Waals surface area contributed by atoms with Crippen molar-refractivity contribution in [1.29, 1.82) is 0 Å². The molecule has 2 aromatic carbocycles. The molecule has 0 saturated heterocycles. The summed E-state index contributed by atoms with van der Waals surface area (Å²) in [6.45, 7) is 6.72. The number of thiocarbonyl (C=S) groups is 1. The van der Waals surface area contributed by atoms with Gasteiger partial charge in [0.25, 0.3) is 0 Å². The van der Waals surface area contributed by atoms with Gasteiger partial charge in [-0.1, -0.05) is 31.0 Å². The van der Waals surface area contributed by atoms with Crippen molar-refractivity contribution in [3.05, 3.63) is 54.1 Å². The topological polar surface area (TPSA) is 42.5 Å². The third-order valence-electron chi connectivity index (χ3n) is 4.99. The monoisotopic (exact) mass is 398 g/mol. The maximum absolute atomic E-state index is 5.77. The van der Waals surface area contributed by atoms with Crippen molar-refractivity contribution in [2.75, 3.05) is 11.9 Å². The molecule has 0 unspecified atom stereocenters. The van der Waals surface area contributed by atoms with Gasteiger partial charge in [0.2, 0.25) is 0 Å². The number of nitrogens with one attached hydrogen (secondary N) is 2. The molecule has 0 amide bonds. The molecule has 0 aromatic heterocycles. The van der Waals surface area contributed by atoms with E-state index in [-0.39, 0.29) is 11.6 Å². The van der Waals surface area contributed by atoms with E-state index in [1.165, 1.54) is 18.4 Å². The van der Waals surface area contributed by atoms with Gasteiger partial charge in [-0.25, -0.2) is 0 Å². The molecule has 2 N–H and O–H groups in total. The Morgan fingerprint density at radius 2 is 1.79 bits per heavy atom. The highest BCUT2D eigenvalue weighted by atomic mass is 32.1. The number of hydrogen-bond donors (Lipinski definition) is 2. The normalized spacial score (nSPS) is 15.3. The SMILES string of the molecule is CCOc1ccc(C2(NC(=S)Nc3cccc(OC(C)C)c3)CCCC2)cc1. The van der Waals surface area contributed by atoms with Crippen molar-refractivity contribution in [1.82, 2.24) is 5.32 Å². The Hall–Kier alpha value is -2.27. The van der Waals surface area contributed by atoms with Gasteiger partial charge in [0.15, 0.2) is 5.11 Å². The van der Waals surface area contributed by atoms with Crippen LogP contribution < -0.4 is 20.1 Å². The molecule has 1 fully saturated rings. The zero-order chi connectivity index (χ0) is 20.0. The molecular weight excluding hydrogens is 368 g/mol. The first-order valence-corrected chi connectivity index (χ1v) is 10.5. The fourth-order valence-electron chi connectivity index (χ4n) is 3.80. The second-order valence-corrected chi connectivity index (χ2v) is 7.93. The van der Waals surface area contributed by atoms with E-state index in [2.05, 4.69) is 22.8 Å². The molecule has 1 aliphatic rings. The quantitative estimate of drug-likeness (QED) is 0.592. The van der Waals surface area contributed by atoms with Crippen molar-refractivity contribution in [3.63, 3.8) is 0 Å². The lowest BCUT2D eigenvalue weighted by Gasteiger charge is -2.32. The van der Waals surface area contributed by atoms with Crippen LogP contribution in [0.5, 0.6) is 11.5 Å². The van der Waals surface area contributed by atoms with Gasteiger partial charge in [-0.2, -0.15) is 0 Å². The largest absolute Gasteiger partial charge is 0.494 e. The molecule has 0 aliphatic heterocycles. The highest BCUT2D eigenvalue weighted by molar-refractivity contribution is 7.80. The summed E-state index contributed by atoms with van der Waals surface area (Å²) in [5.74, 6) is 1.74. The van der Waals surface area contributed by atoms with Crippen molar-refractivity contribution in [2.45, 2.75) is 58.1 Å². The van der Waals surface area contributed by atoms with Gasteiger partial charge in [-0.05, 0) is 75.7 Å². The van der Waals surface area contributed by atoms with E-state index in [0.717, 1.165) is 30.0 Å². The van der Waals surface area contributed by atoms with E-state index in [1.54, 1.807) is 0 Å². The van der Waals surface area contributed by atoms with Gasteiger partial charge in [-0.15, -0.1) is 0 Å². The van der Waals surface area contributed by atoms with Crippen LogP contribution in [0.1, 0.15) is 52.0 Å². The average molecular weight is 399 g/mol. The summed E-state index contributed by atoms with van der Waals surface area (Å²) >= 11 is 5.66. The third kappa shape index (κ3) is 5.16. The molecule has 2 aromatic rings. The van der Waals surface area contributed by atoms with E-state index in [0.29, 0.717) is 11.7 Å². The molecule has 0 radical (unpaired) electrons. The summed E-state index contributed by atoms with van der Waals surface area (Å²) in [6.07, 6.45) is 4.67. The molecule has 1 aliphatic carbocycles. The van der Waals surface area contributed by atoms with Crippen molar-refractivity contribution in [2.24, 2.45) is 0 Å². The Morgan fingerprint density at radius 3 is 2.43 bits per heavy atom. The predicted molar refractivity (Wildman–Crippen MR) is 119 cm³/mol. The lowest BCUT2D eigenvalue weighted by atomic mass is 9.88. The summed E-state index contributed by atoms with van der Waals surface area (Å²) in [6, 6.07) is 16.3. The Kier molecular flexibility index (Phi) is 6.79. The molecule has 1 saturated carbocycles. The summed E-state index contributed by atoms with van der Waals surface area (Å²) in [5.41, 5.74) is 2.06. The summed E-state index contributed by atoms with van der Waals surface area (Å²) < 4.78 is 11.4. The number of anilines is 1. The number of ether oxygens (including phenoxy) is 2. The number of rotatable bonds is 7. The van der Waals surface area contributed by atoms with Crippen molar-refractivity contribution < 1.29 is 9.47 Å². The van der Waals surface area contributed by atoms with E-state index in [1.807, 2.05) is 57.2 Å². The Labute approximate surface area is 173 Å². The Balaban J connectivity index is 1.71. The van der Waals surface area contributed by atoms with E-state index < -0.39 is 0 Å².